The third-order valence-electron chi connectivity index (χ3n) is 2.07. The summed E-state index contributed by atoms with van der Waals surface area (Å²) in [6.45, 7) is 1.73. The van der Waals surface area contributed by atoms with E-state index in [1.807, 2.05) is 0 Å². The highest BCUT2D eigenvalue weighted by Crippen LogP contribution is 2.22. The summed E-state index contributed by atoms with van der Waals surface area (Å²) in [6.07, 6.45) is 0. The molecule has 0 atom stereocenters. The summed E-state index contributed by atoms with van der Waals surface area (Å²) in [5.41, 5.74) is 0.724. The summed E-state index contributed by atoms with van der Waals surface area (Å²) < 4.78 is 4.83. The highest BCUT2D eigenvalue weighted by atomic mass is 35.5. The third kappa shape index (κ3) is 2.57. The van der Waals surface area contributed by atoms with Crippen molar-refractivity contribution in [2.24, 2.45) is 0 Å². The zero-order valence-electron chi connectivity index (χ0n) is 8.90. The zero-order valence-corrected chi connectivity index (χ0v) is 9.65. The average molecular weight is 253 g/mol. The maximum atomic E-state index is 11.8. The van der Waals surface area contributed by atoms with Gasteiger partial charge in [0.1, 0.15) is 5.75 Å². The molecule has 0 unspecified atom stereocenters. The molecule has 2 aromatic rings. The minimum Gasteiger partial charge on any atom is -0.507 e. The van der Waals surface area contributed by atoms with Crippen LogP contribution >= 0.6 is 11.6 Å². The maximum Gasteiger partial charge on any atom is 0.261 e. The number of halogens is 1. The summed E-state index contributed by atoms with van der Waals surface area (Å²) in [7, 11) is 0. The SMILES string of the molecule is Cc1cc(NC(=O)c2cc(Cl)ccc2O)on1. The van der Waals surface area contributed by atoms with Crippen LogP contribution in [-0.2, 0) is 0 Å². The van der Waals surface area contributed by atoms with Crippen LogP contribution in [0.1, 0.15) is 16.1 Å². The van der Waals surface area contributed by atoms with Gasteiger partial charge in [-0.3, -0.25) is 10.1 Å². The van der Waals surface area contributed by atoms with Gasteiger partial charge in [-0.15, -0.1) is 0 Å². The molecule has 1 aromatic carbocycles. The summed E-state index contributed by atoms with van der Waals surface area (Å²) in [4.78, 5) is 11.8. The number of nitrogens with one attached hydrogen (secondary N) is 1. The fourth-order valence-corrected chi connectivity index (χ4v) is 1.46. The van der Waals surface area contributed by atoms with Crippen molar-refractivity contribution < 1.29 is 14.4 Å². The minimum atomic E-state index is -0.513. The Bertz CT molecular complexity index is 566. The highest BCUT2D eigenvalue weighted by Gasteiger charge is 2.13. The Balaban J connectivity index is 2.22. The number of phenols is 1. The lowest BCUT2D eigenvalue weighted by molar-refractivity contribution is 0.102. The van der Waals surface area contributed by atoms with E-state index in [0.29, 0.717) is 10.7 Å². The van der Waals surface area contributed by atoms with Gasteiger partial charge in [0.05, 0.1) is 11.3 Å². The molecule has 0 saturated carbocycles. The lowest BCUT2D eigenvalue weighted by Crippen LogP contribution is -2.11. The first-order chi connectivity index (χ1) is 8.06. The van der Waals surface area contributed by atoms with Gasteiger partial charge < -0.3 is 9.63 Å². The van der Waals surface area contributed by atoms with Crippen LogP contribution in [0.25, 0.3) is 0 Å². The smallest absolute Gasteiger partial charge is 0.261 e. The summed E-state index contributed by atoms with van der Waals surface area (Å²) in [5.74, 6) is -0.448. The molecule has 0 aliphatic heterocycles. The number of aryl methyl sites for hydroxylation is 1. The van der Waals surface area contributed by atoms with Gasteiger partial charge in [-0.2, -0.15) is 0 Å². The van der Waals surface area contributed by atoms with Crippen LogP contribution in [0, 0.1) is 6.92 Å². The van der Waals surface area contributed by atoms with E-state index in [9.17, 15) is 9.90 Å². The van der Waals surface area contributed by atoms with Gasteiger partial charge in [0, 0.05) is 11.1 Å². The number of carbonyl (C=O) groups excluding carboxylic acids is 1. The standard InChI is InChI=1S/C11H9ClN2O3/c1-6-4-10(17-14-6)13-11(16)8-5-7(12)2-3-9(8)15/h2-5,15H,1H3,(H,13,16). The Morgan fingerprint density at radius 1 is 1.47 bits per heavy atom. The molecule has 5 nitrogen and oxygen atoms in total. The van der Waals surface area contributed by atoms with Crippen molar-refractivity contribution in [3.8, 4) is 5.75 Å². The second-order valence-electron chi connectivity index (χ2n) is 3.45. The number of carbonyl (C=O) groups is 1. The largest absolute Gasteiger partial charge is 0.507 e. The van der Waals surface area contributed by atoms with Gasteiger partial charge in [-0.25, -0.2) is 0 Å². The van der Waals surface area contributed by atoms with Crippen molar-refractivity contribution in [1.29, 1.82) is 0 Å². The summed E-state index contributed by atoms with van der Waals surface area (Å²) >= 11 is 5.74. The molecule has 1 amide bonds. The van der Waals surface area contributed by atoms with Crippen LogP contribution in [0.2, 0.25) is 5.02 Å². The number of anilines is 1. The number of aromatic nitrogens is 1. The van der Waals surface area contributed by atoms with Crippen molar-refractivity contribution in [2.45, 2.75) is 6.92 Å². The van der Waals surface area contributed by atoms with Crippen LogP contribution in [0.15, 0.2) is 28.8 Å². The monoisotopic (exact) mass is 252 g/mol. The van der Waals surface area contributed by atoms with Crippen LogP contribution in [-0.4, -0.2) is 16.2 Å². The molecule has 0 aliphatic rings. The fourth-order valence-electron chi connectivity index (χ4n) is 1.29. The molecule has 6 heteroatoms. The second kappa shape index (κ2) is 4.47. The molecule has 2 N–H and O–H groups in total. The topological polar surface area (TPSA) is 75.4 Å². The van der Waals surface area contributed by atoms with Crippen LogP contribution in [0.5, 0.6) is 5.75 Å². The molecule has 88 valence electrons. The van der Waals surface area contributed by atoms with E-state index in [4.69, 9.17) is 16.1 Å². The predicted octanol–water partition coefficient (Wildman–Crippen LogP) is 2.59. The van der Waals surface area contributed by atoms with E-state index in [1.54, 1.807) is 13.0 Å². The van der Waals surface area contributed by atoms with Gasteiger partial charge in [0.2, 0.25) is 5.88 Å². The van der Waals surface area contributed by atoms with Crippen molar-refractivity contribution in [3.05, 3.63) is 40.5 Å². The van der Waals surface area contributed by atoms with Crippen LogP contribution in [0.4, 0.5) is 5.88 Å². The Morgan fingerprint density at radius 3 is 2.88 bits per heavy atom. The van der Waals surface area contributed by atoms with Crippen molar-refractivity contribution >= 4 is 23.4 Å². The summed E-state index contributed by atoms with van der Waals surface area (Å²) in [6, 6.07) is 5.78. The number of hydrogen-bond acceptors (Lipinski definition) is 4. The normalized spacial score (nSPS) is 10.2. The van der Waals surface area contributed by atoms with Crippen molar-refractivity contribution in [2.75, 3.05) is 5.32 Å². The number of aromatic hydroxyl groups is 1. The molecular formula is C11H9ClN2O3. The number of nitrogens with zero attached hydrogens (tertiary/aromatic N) is 1. The Hall–Kier alpha value is -2.01. The van der Waals surface area contributed by atoms with Gasteiger partial charge >= 0.3 is 0 Å². The molecule has 0 fully saturated rings. The summed E-state index contributed by atoms with van der Waals surface area (Å²) in [5, 5.41) is 16.0. The quantitative estimate of drug-likeness (QED) is 0.861. The van der Waals surface area contributed by atoms with Gasteiger partial charge in [0.15, 0.2) is 0 Å². The van der Waals surface area contributed by atoms with E-state index in [-0.39, 0.29) is 17.2 Å². The predicted molar refractivity (Wildman–Crippen MR) is 62.3 cm³/mol. The molecule has 0 spiro atoms. The van der Waals surface area contributed by atoms with E-state index in [1.165, 1.54) is 18.2 Å². The Morgan fingerprint density at radius 2 is 2.24 bits per heavy atom. The van der Waals surface area contributed by atoms with Crippen LogP contribution < -0.4 is 5.32 Å². The molecule has 0 bridgehead atoms. The lowest BCUT2D eigenvalue weighted by atomic mass is 10.2. The van der Waals surface area contributed by atoms with Gasteiger partial charge in [-0.1, -0.05) is 16.8 Å². The molecule has 1 aromatic heterocycles. The van der Waals surface area contributed by atoms with Gasteiger partial charge in [0.25, 0.3) is 5.91 Å². The minimum absolute atomic E-state index is 0.0755. The fraction of sp³-hybridized carbons (Fsp3) is 0.0909. The number of rotatable bonds is 2. The molecular weight excluding hydrogens is 244 g/mol. The molecule has 1 heterocycles. The Kier molecular flexibility index (Phi) is 3.01. The number of phenolic OH excluding ortho intramolecular Hbond substituents is 1. The molecule has 0 aliphatic carbocycles. The van der Waals surface area contributed by atoms with E-state index in [2.05, 4.69) is 10.5 Å². The first-order valence-electron chi connectivity index (χ1n) is 4.79. The van der Waals surface area contributed by atoms with Crippen molar-refractivity contribution in [1.82, 2.24) is 5.16 Å². The second-order valence-corrected chi connectivity index (χ2v) is 3.88. The first-order valence-corrected chi connectivity index (χ1v) is 5.17. The van der Waals surface area contributed by atoms with E-state index in [0.717, 1.165) is 0 Å². The van der Waals surface area contributed by atoms with Crippen LogP contribution in [0.3, 0.4) is 0 Å². The van der Waals surface area contributed by atoms with E-state index < -0.39 is 5.91 Å². The van der Waals surface area contributed by atoms with Crippen molar-refractivity contribution in [3.63, 3.8) is 0 Å². The average Bonchev–Trinajstić information content (AvgIpc) is 2.67. The number of benzene rings is 1. The lowest BCUT2D eigenvalue weighted by Gasteiger charge is -2.04. The number of hydrogen-bond donors (Lipinski definition) is 2. The zero-order chi connectivity index (χ0) is 12.4. The van der Waals surface area contributed by atoms with E-state index >= 15 is 0 Å². The Labute approximate surface area is 102 Å². The third-order valence-corrected chi connectivity index (χ3v) is 2.30. The number of amides is 1. The highest BCUT2D eigenvalue weighted by molar-refractivity contribution is 6.31. The maximum absolute atomic E-state index is 11.8. The first kappa shape index (κ1) is 11.5. The van der Waals surface area contributed by atoms with Gasteiger partial charge in [-0.05, 0) is 25.1 Å². The molecule has 0 radical (unpaired) electrons. The molecule has 0 saturated heterocycles. The molecule has 17 heavy (non-hydrogen) atoms. The molecule has 2 rings (SSSR count).